The van der Waals surface area contributed by atoms with E-state index in [9.17, 15) is 4.79 Å². The highest BCUT2D eigenvalue weighted by atomic mass is 19.1. The van der Waals surface area contributed by atoms with Crippen LogP contribution in [0.4, 0.5) is 10.1 Å². The molecule has 5 heterocycles. The molecule has 2 aliphatic heterocycles. The number of carbonyl (C=O) groups is 1. The molecule has 208 valence electrons. The van der Waals surface area contributed by atoms with Crippen molar-refractivity contribution < 1.29 is 9.18 Å². The highest BCUT2D eigenvalue weighted by Crippen LogP contribution is 2.32. The quantitative estimate of drug-likeness (QED) is 0.357. The average Bonchev–Trinajstić information content (AvgIpc) is 3.58. The van der Waals surface area contributed by atoms with Crippen molar-refractivity contribution in [3.8, 4) is 22.6 Å². The van der Waals surface area contributed by atoms with Crippen LogP contribution in [-0.4, -0.2) is 73.1 Å². The molecule has 11 heteroatoms. The number of hydrogen-bond acceptors (Lipinski definition) is 7. The summed E-state index contributed by atoms with van der Waals surface area (Å²) in [5.41, 5.74) is 5.84. The Morgan fingerprint density at radius 2 is 1.88 bits per heavy atom. The van der Waals surface area contributed by atoms with Crippen LogP contribution in [0, 0.1) is 5.82 Å². The van der Waals surface area contributed by atoms with Gasteiger partial charge in [0.05, 0.1) is 23.6 Å². The second-order valence-electron chi connectivity index (χ2n) is 10.7. The van der Waals surface area contributed by atoms with Crippen LogP contribution in [0.5, 0.6) is 0 Å². The van der Waals surface area contributed by atoms with Gasteiger partial charge in [0.1, 0.15) is 17.2 Å². The Morgan fingerprint density at radius 1 is 1.05 bits per heavy atom. The van der Waals surface area contributed by atoms with Crippen molar-refractivity contribution in [2.75, 3.05) is 31.6 Å². The van der Waals surface area contributed by atoms with Gasteiger partial charge in [-0.2, -0.15) is 20.1 Å². The van der Waals surface area contributed by atoms with Crippen LogP contribution >= 0.6 is 0 Å². The molecule has 5 aromatic rings. The van der Waals surface area contributed by atoms with E-state index < -0.39 is 0 Å². The van der Waals surface area contributed by atoms with E-state index in [2.05, 4.69) is 32.5 Å². The van der Waals surface area contributed by atoms with Crippen LogP contribution in [0.1, 0.15) is 34.6 Å². The first kappa shape index (κ1) is 25.3. The minimum Gasteiger partial charge on any atom is -0.368 e. The number of rotatable bonds is 5. The summed E-state index contributed by atoms with van der Waals surface area (Å²) in [4.78, 5) is 24.0. The van der Waals surface area contributed by atoms with Crippen molar-refractivity contribution in [3.63, 3.8) is 0 Å². The van der Waals surface area contributed by atoms with Gasteiger partial charge in [-0.3, -0.25) is 4.79 Å². The number of halogens is 1. The van der Waals surface area contributed by atoms with Crippen molar-refractivity contribution in [1.82, 2.24) is 39.8 Å². The SMILES string of the molecule is CNC1CN(c2ccc(-c3cc4nc(C(=O)N5CCc6ccccc6[C@H]5C)cc(-c5cnn(C)n5)n4n3)c(F)c2)C1. The zero-order valence-corrected chi connectivity index (χ0v) is 23.1. The predicted octanol–water partition coefficient (Wildman–Crippen LogP) is 3.50. The van der Waals surface area contributed by atoms with Gasteiger partial charge < -0.3 is 15.1 Å². The van der Waals surface area contributed by atoms with E-state index >= 15 is 4.39 Å². The fraction of sp³-hybridized carbons (Fsp3) is 0.300. The first-order valence-corrected chi connectivity index (χ1v) is 13.8. The topological polar surface area (TPSA) is 96.5 Å². The Hall–Kier alpha value is -4.64. The first-order valence-electron chi connectivity index (χ1n) is 13.8. The number of aromatic nitrogens is 6. The minimum absolute atomic E-state index is 0.0895. The van der Waals surface area contributed by atoms with Crippen molar-refractivity contribution in [2.24, 2.45) is 7.05 Å². The maximum absolute atomic E-state index is 15.4. The summed E-state index contributed by atoms with van der Waals surface area (Å²) in [5, 5.41) is 16.6. The molecular formula is C30H30FN9O. The van der Waals surface area contributed by atoms with E-state index in [0.29, 0.717) is 40.9 Å². The number of fused-ring (bicyclic) bond motifs is 2. The minimum atomic E-state index is -0.364. The number of likely N-dealkylation sites (N-methyl/N-ethyl adjacent to an activating group) is 1. The number of carbonyl (C=O) groups excluding carboxylic acids is 1. The maximum Gasteiger partial charge on any atom is 0.273 e. The van der Waals surface area contributed by atoms with Crippen LogP contribution < -0.4 is 10.2 Å². The highest BCUT2D eigenvalue weighted by molar-refractivity contribution is 5.94. The predicted molar refractivity (Wildman–Crippen MR) is 153 cm³/mol. The smallest absolute Gasteiger partial charge is 0.273 e. The second-order valence-corrected chi connectivity index (χ2v) is 10.7. The van der Waals surface area contributed by atoms with Crippen LogP contribution in [0.2, 0.25) is 0 Å². The van der Waals surface area contributed by atoms with Gasteiger partial charge in [-0.25, -0.2) is 13.9 Å². The van der Waals surface area contributed by atoms with Crippen molar-refractivity contribution in [3.05, 3.63) is 83.4 Å². The Bertz CT molecular complexity index is 1790. The molecule has 1 amide bonds. The molecule has 0 spiro atoms. The number of amides is 1. The third kappa shape index (κ3) is 4.33. The van der Waals surface area contributed by atoms with Gasteiger partial charge in [0.2, 0.25) is 0 Å². The highest BCUT2D eigenvalue weighted by Gasteiger charge is 2.30. The molecule has 0 saturated carbocycles. The van der Waals surface area contributed by atoms with Crippen molar-refractivity contribution in [2.45, 2.75) is 25.4 Å². The molecule has 2 aliphatic rings. The second kappa shape index (κ2) is 9.77. The van der Waals surface area contributed by atoms with Gasteiger partial charge in [-0.15, -0.1) is 0 Å². The Morgan fingerprint density at radius 3 is 2.63 bits per heavy atom. The van der Waals surface area contributed by atoms with Gasteiger partial charge in [-0.05, 0) is 55.8 Å². The summed E-state index contributed by atoms with van der Waals surface area (Å²) in [6.07, 6.45) is 2.40. The van der Waals surface area contributed by atoms with Gasteiger partial charge in [0.15, 0.2) is 5.65 Å². The number of nitrogens with one attached hydrogen (secondary N) is 1. The Kier molecular flexibility index (Phi) is 6.04. The van der Waals surface area contributed by atoms with E-state index in [1.165, 1.54) is 10.4 Å². The van der Waals surface area contributed by atoms with Gasteiger partial charge >= 0.3 is 0 Å². The summed E-state index contributed by atoms with van der Waals surface area (Å²) in [5.74, 6) is -0.538. The normalized spacial score (nSPS) is 17.1. The van der Waals surface area contributed by atoms with E-state index in [1.807, 2.05) is 37.1 Å². The number of nitrogens with zero attached hydrogens (tertiary/aromatic N) is 8. The molecule has 0 bridgehead atoms. The Balaban J connectivity index is 1.28. The summed E-state index contributed by atoms with van der Waals surface area (Å²) >= 11 is 0. The summed E-state index contributed by atoms with van der Waals surface area (Å²) in [6, 6.07) is 17.2. The van der Waals surface area contributed by atoms with Gasteiger partial charge in [-0.1, -0.05) is 24.3 Å². The van der Waals surface area contributed by atoms with Crippen LogP contribution in [0.25, 0.3) is 28.3 Å². The molecule has 1 N–H and O–H groups in total. The lowest BCUT2D eigenvalue weighted by Crippen LogP contribution is -2.57. The van der Waals surface area contributed by atoms with Crippen molar-refractivity contribution >= 4 is 17.2 Å². The largest absolute Gasteiger partial charge is 0.368 e. The molecule has 0 aliphatic carbocycles. The third-order valence-electron chi connectivity index (χ3n) is 8.25. The molecular weight excluding hydrogens is 521 g/mol. The molecule has 1 saturated heterocycles. The molecule has 1 fully saturated rings. The molecule has 41 heavy (non-hydrogen) atoms. The van der Waals surface area contributed by atoms with Crippen molar-refractivity contribution in [1.29, 1.82) is 0 Å². The standard InChI is InChI=1S/C30H30FN9O/c1-18-22-7-5-4-6-19(22)10-11-39(18)30(41)26-13-28(27-15-33-37(3)35-27)40-29(34-26)14-25(36-40)23-9-8-21(12-24(23)31)38-16-20(17-38)32-2/h4-9,12-15,18,20,32H,10-11,16-17H2,1-3H3/t18-/m1/s1. The molecule has 0 unspecified atom stereocenters. The average molecular weight is 552 g/mol. The molecule has 0 radical (unpaired) electrons. The fourth-order valence-corrected chi connectivity index (χ4v) is 5.84. The maximum atomic E-state index is 15.4. The van der Waals surface area contributed by atoms with Crippen LogP contribution in [0.3, 0.4) is 0 Å². The van der Waals surface area contributed by atoms with Gasteiger partial charge in [0, 0.05) is 50.0 Å². The number of anilines is 1. The number of aryl methyl sites for hydroxylation is 1. The molecule has 1 atom stereocenters. The van der Waals surface area contributed by atoms with Crippen LogP contribution in [-0.2, 0) is 13.5 Å². The number of hydrogen-bond donors (Lipinski definition) is 1. The fourth-order valence-electron chi connectivity index (χ4n) is 5.84. The molecule has 2 aromatic carbocycles. The summed E-state index contributed by atoms with van der Waals surface area (Å²) < 4.78 is 17.0. The van der Waals surface area contributed by atoms with E-state index in [1.54, 1.807) is 42.0 Å². The first-order chi connectivity index (χ1) is 19.9. The molecule has 10 nitrogen and oxygen atoms in total. The lowest BCUT2D eigenvalue weighted by Gasteiger charge is -2.40. The zero-order valence-electron chi connectivity index (χ0n) is 23.1. The Labute approximate surface area is 236 Å². The molecule has 7 rings (SSSR count). The summed E-state index contributed by atoms with van der Waals surface area (Å²) in [7, 11) is 3.66. The van der Waals surface area contributed by atoms with Crippen LogP contribution in [0.15, 0.2) is 60.8 Å². The monoisotopic (exact) mass is 551 g/mol. The van der Waals surface area contributed by atoms with E-state index in [-0.39, 0.29) is 23.5 Å². The summed E-state index contributed by atoms with van der Waals surface area (Å²) in [6.45, 7) is 4.32. The molecule has 3 aromatic heterocycles. The van der Waals surface area contributed by atoms with E-state index in [0.717, 1.165) is 30.8 Å². The lowest BCUT2D eigenvalue weighted by atomic mass is 9.93. The number of benzene rings is 2. The zero-order chi connectivity index (χ0) is 28.2. The lowest BCUT2D eigenvalue weighted by molar-refractivity contribution is 0.0672. The van der Waals surface area contributed by atoms with E-state index in [4.69, 9.17) is 10.1 Å². The third-order valence-corrected chi connectivity index (χ3v) is 8.25. The van der Waals surface area contributed by atoms with Gasteiger partial charge in [0.25, 0.3) is 5.91 Å².